The second kappa shape index (κ2) is 4.85. The number of nitrogens with zero attached hydrogens (tertiary/aromatic N) is 4. The molecule has 0 aromatic carbocycles. The summed E-state index contributed by atoms with van der Waals surface area (Å²) in [4.78, 5) is 7.49. The van der Waals surface area contributed by atoms with E-state index >= 15 is 0 Å². The maximum absolute atomic E-state index is 5.39. The minimum absolute atomic E-state index is 0.0807. The Bertz CT molecular complexity index is 320. The summed E-state index contributed by atoms with van der Waals surface area (Å²) in [6.07, 6.45) is 3.54. The van der Waals surface area contributed by atoms with Crippen molar-refractivity contribution in [3.8, 4) is 0 Å². The van der Waals surface area contributed by atoms with Crippen molar-refractivity contribution in [2.75, 3.05) is 6.54 Å². The zero-order chi connectivity index (χ0) is 10.4. The third kappa shape index (κ3) is 3.57. The highest BCUT2D eigenvalue weighted by atomic mass is 15.3. The van der Waals surface area contributed by atoms with Crippen molar-refractivity contribution in [3.05, 3.63) is 18.5 Å². The fourth-order valence-electron chi connectivity index (χ4n) is 0.867. The highest BCUT2D eigenvalue weighted by Gasteiger charge is 1.90. The maximum Gasteiger partial charge on any atom is 0.218 e. The van der Waals surface area contributed by atoms with Crippen LogP contribution < -0.4 is 17.2 Å². The molecule has 0 amide bonds. The predicted octanol–water partition coefficient (Wildman–Crippen LogP) is -1.53. The van der Waals surface area contributed by atoms with Crippen LogP contribution in [-0.4, -0.2) is 28.2 Å². The van der Waals surface area contributed by atoms with Gasteiger partial charge in [-0.05, 0) is 6.07 Å². The van der Waals surface area contributed by atoms with Crippen molar-refractivity contribution in [3.63, 3.8) is 0 Å². The normalized spacial score (nSPS) is 11.3. The van der Waals surface area contributed by atoms with Crippen LogP contribution in [0.4, 0.5) is 0 Å². The minimum atomic E-state index is -0.0923. The number of hydrogen-bond acceptors (Lipinski definition) is 2. The molecule has 7 heteroatoms. The van der Waals surface area contributed by atoms with E-state index in [9.17, 15) is 0 Å². The lowest BCUT2D eigenvalue weighted by Gasteiger charge is -1.97. The number of rotatable bonds is 3. The van der Waals surface area contributed by atoms with Gasteiger partial charge in [0.2, 0.25) is 5.96 Å². The van der Waals surface area contributed by atoms with E-state index in [2.05, 4.69) is 15.1 Å². The van der Waals surface area contributed by atoms with Gasteiger partial charge < -0.3 is 17.2 Å². The average Bonchev–Trinajstić information content (AvgIpc) is 2.55. The Balaban J connectivity index is 2.37. The Morgan fingerprint density at radius 2 is 2.14 bits per heavy atom. The lowest BCUT2D eigenvalue weighted by molar-refractivity contribution is 0.625. The Morgan fingerprint density at radius 1 is 1.36 bits per heavy atom. The summed E-state index contributed by atoms with van der Waals surface area (Å²) in [5, 5.41) is 4.00. The van der Waals surface area contributed by atoms with Crippen LogP contribution in [0, 0.1) is 0 Å². The average molecular weight is 195 g/mol. The molecule has 0 radical (unpaired) electrons. The minimum Gasteiger partial charge on any atom is -0.370 e. The molecule has 0 atom stereocenters. The predicted molar refractivity (Wildman–Crippen MR) is 54.5 cm³/mol. The summed E-state index contributed by atoms with van der Waals surface area (Å²) in [5.74, 6) is -0.0116. The van der Waals surface area contributed by atoms with Crippen LogP contribution in [0.1, 0.15) is 0 Å². The van der Waals surface area contributed by atoms with E-state index < -0.39 is 0 Å². The monoisotopic (exact) mass is 195 g/mol. The summed E-state index contributed by atoms with van der Waals surface area (Å²) in [6.45, 7) is 1.14. The van der Waals surface area contributed by atoms with Crippen LogP contribution in [0.25, 0.3) is 0 Å². The van der Waals surface area contributed by atoms with Gasteiger partial charge in [0.25, 0.3) is 0 Å². The number of guanidine groups is 2. The standard InChI is InChI=1S/C7H13N7/c8-6(9)13-7(10)11-3-5-14-4-1-2-12-14/h1-2,4H,3,5H2,(H6,8,9,10,11,13). The molecule has 1 aromatic heterocycles. The zero-order valence-electron chi connectivity index (χ0n) is 7.67. The lowest BCUT2D eigenvalue weighted by Crippen LogP contribution is -2.26. The zero-order valence-corrected chi connectivity index (χ0v) is 7.67. The van der Waals surface area contributed by atoms with Crippen LogP contribution in [0.2, 0.25) is 0 Å². The summed E-state index contributed by atoms with van der Waals surface area (Å²) in [7, 11) is 0. The number of nitrogens with two attached hydrogens (primary N) is 3. The maximum atomic E-state index is 5.39. The van der Waals surface area contributed by atoms with Crippen LogP contribution in [0.5, 0.6) is 0 Å². The number of aliphatic imine (C=N–C) groups is 2. The Labute approximate surface area is 81.3 Å². The fourth-order valence-corrected chi connectivity index (χ4v) is 0.867. The van der Waals surface area contributed by atoms with E-state index in [1.54, 1.807) is 10.9 Å². The molecular formula is C7H13N7. The second-order valence-corrected chi connectivity index (χ2v) is 2.55. The first kappa shape index (κ1) is 10.0. The van der Waals surface area contributed by atoms with Gasteiger partial charge in [-0.1, -0.05) is 0 Å². The highest BCUT2D eigenvalue weighted by Crippen LogP contribution is 1.85. The smallest absolute Gasteiger partial charge is 0.218 e. The third-order valence-corrected chi connectivity index (χ3v) is 1.41. The molecule has 7 nitrogen and oxygen atoms in total. The topological polar surface area (TPSA) is 121 Å². The van der Waals surface area contributed by atoms with Gasteiger partial charge in [0.1, 0.15) is 0 Å². The van der Waals surface area contributed by atoms with Gasteiger partial charge in [-0.25, -0.2) is 4.99 Å². The molecule has 1 aromatic rings. The molecule has 14 heavy (non-hydrogen) atoms. The van der Waals surface area contributed by atoms with E-state index in [0.717, 1.165) is 0 Å². The molecule has 1 rings (SSSR count). The first-order valence-corrected chi connectivity index (χ1v) is 4.05. The first-order valence-electron chi connectivity index (χ1n) is 4.05. The van der Waals surface area contributed by atoms with E-state index in [4.69, 9.17) is 17.2 Å². The van der Waals surface area contributed by atoms with Crippen molar-refractivity contribution >= 4 is 11.9 Å². The fraction of sp³-hybridized carbons (Fsp3) is 0.286. The molecule has 0 aliphatic rings. The van der Waals surface area contributed by atoms with Crippen molar-refractivity contribution in [2.24, 2.45) is 27.2 Å². The molecule has 0 fully saturated rings. The Morgan fingerprint density at radius 3 is 2.71 bits per heavy atom. The molecule has 0 spiro atoms. The van der Waals surface area contributed by atoms with Crippen LogP contribution in [-0.2, 0) is 6.54 Å². The summed E-state index contributed by atoms with van der Waals surface area (Å²) < 4.78 is 1.74. The van der Waals surface area contributed by atoms with Crippen molar-refractivity contribution in [1.82, 2.24) is 9.78 Å². The molecule has 1 heterocycles. The van der Waals surface area contributed by atoms with Crippen molar-refractivity contribution in [1.29, 1.82) is 0 Å². The van der Waals surface area contributed by atoms with Crippen LogP contribution in [0.15, 0.2) is 28.4 Å². The largest absolute Gasteiger partial charge is 0.370 e. The van der Waals surface area contributed by atoms with Gasteiger partial charge in [0, 0.05) is 12.4 Å². The number of hydrogen-bond donors (Lipinski definition) is 3. The molecule has 0 unspecified atom stereocenters. The quantitative estimate of drug-likeness (QED) is 0.400. The molecule has 0 aliphatic heterocycles. The Hall–Kier alpha value is -2.05. The highest BCUT2D eigenvalue weighted by molar-refractivity contribution is 5.92. The van der Waals surface area contributed by atoms with Gasteiger partial charge >= 0.3 is 0 Å². The molecule has 0 saturated heterocycles. The lowest BCUT2D eigenvalue weighted by atomic mass is 10.6. The molecule has 0 aliphatic carbocycles. The SMILES string of the molecule is NC(N)=NC(N)=NCCn1cccn1. The first-order chi connectivity index (χ1) is 6.68. The van der Waals surface area contributed by atoms with Gasteiger partial charge in [0.15, 0.2) is 5.96 Å². The third-order valence-electron chi connectivity index (χ3n) is 1.41. The van der Waals surface area contributed by atoms with Gasteiger partial charge in [-0.2, -0.15) is 10.1 Å². The molecular weight excluding hydrogens is 182 g/mol. The van der Waals surface area contributed by atoms with Crippen LogP contribution >= 0.6 is 0 Å². The van der Waals surface area contributed by atoms with E-state index in [0.29, 0.717) is 13.1 Å². The van der Waals surface area contributed by atoms with E-state index in [1.807, 2.05) is 12.3 Å². The van der Waals surface area contributed by atoms with Gasteiger partial charge in [-0.15, -0.1) is 0 Å². The second-order valence-electron chi connectivity index (χ2n) is 2.55. The molecule has 76 valence electrons. The van der Waals surface area contributed by atoms with Crippen LogP contribution in [0.3, 0.4) is 0 Å². The molecule has 0 bridgehead atoms. The summed E-state index contributed by atoms with van der Waals surface area (Å²) >= 11 is 0. The summed E-state index contributed by atoms with van der Waals surface area (Å²) in [5.41, 5.74) is 15.6. The van der Waals surface area contributed by atoms with Gasteiger partial charge in [-0.3, -0.25) is 4.68 Å². The summed E-state index contributed by atoms with van der Waals surface area (Å²) in [6, 6.07) is 1.84. The van der Waals surface area contributed by atoms with Crippen molar-refractivity contribution in [2.45, 2.75) is 6.54 Å². The van der Waals surface area contributed by atoms with Gasteiger partial charge in [0.05, 0.1) is 13.1 Å². The van der Waals surface area contributed by atoms with E-state index in [1.165, 1.54) is 0 Å². The Kier molecular flexibility index (Phi) is 3.48. The van der Waals surface area contributed by atoms with Crippen molar-refractivity contribution < 1.29 is 0 Å². The number of aromatic nitrogens is 2. The molecule has 0 saturated carbocycles. The van der Waals surface area contributed by atoms with E-state index in [-0.39, 0.29) is 11.9 Å². The molecule has 6 N–H and O–H groups in total.